The largest absolute Gasteiger partial charge is 0.490 e. The van der Waals surface area contributed by atoms with Crippen LogP contribution in [0.2, 0.25) is 0 Å². The molecule has 3 rings (SSSR count). The summed E-state index contributed by atoms with van der Waals surface area (Å²) >= 11 is 0. The van der Waals surface area contributed by atoms with Crippen molar-refractivity contribution in [3.8, 4) is 5.75 Å². The molecule has 0 bridgehead atoms. The summed E-state index contributed by atoms with van der Waals surface area (Å²) in [4.78, 5) is 30.5. The topological polar surface area (TPSA) is 115 Å². The molecule has 2 heterocycles. The number of aryl methyl sites for hydroxylation is 1. The standard InChI is InChI=1S/C24H31N3O6S/c1-16-20(10-11-21(25-16)34(5,30)31)26-22(28)17-6-8-18(9-7-17)32-19-12-14-27(15-13-19)23(29)33-24(2,3)4/h6-11,19H,12-15H2,1-5H3,(H,26,28). The second kappa shape index (κ2) is 10.0. The van der Waals surface area contributed by atoms with Crippen LogP contribution in [0.25, 0.3) is 0 Å². The Bertz CT molecular complexity index is 1150. The lowest BCUT2D eigenvalue weighted by Crippen LogP contribution is -2.44. The van der Waals surface area contributed by atoms with Gasteiger partial charge in [0.1, 0.15) is 17.5 Å². The zero-order valence-corrected chi connectivity index (χ0v) is 20.9. The molecule has 0 saturated carbocycles. The van der Waals surface area contributed by atoms with Crippen LogP contribution in [0.1, 0.15) is 49.7 Å². The first-order valence-electron chi connectivity index (χ1n) is 11.1. The normalized spacial score (nSPS) is 15.0. The summed E-state index contributed by atoms with van der Waals surface area (Å²) in [5, 5.41) is 2.71. The highest BCUT2D eigenvalue weighted by molar-refractivity contribution is 7.90. The van der Waals surface area contributed by atoms with Crippen molar-refractivity contribution in [2.45, 2.75) is 57.3 Å². The van der Waals surface area contributed by atoms with Crippen molar-refractivity contribution in [3.05, 3.63) is 47.7 Å². The second-order valence-corrected chi connectivity index (χ2v) is 11.3. The van der Waals surface area contributed by atoms with Crippen LogP contribution >= 0.6 is 0 Å². The molecular weight excluding hydrogens is 458 g/mol. The maximum Gasteiger partial charge on any atom is 0.410 e. The van der Waals surface area contributed by atoms with Gasteiger partial charge in [0.05, 0.1) is 11.4 Å². The Hall–Kier alpha value is -3.14. The van der Waals surface area contributed by atoms with Gasteiger partial charge in [0.25, 0.3) is 5.91 Å². The number of amides is 2. The first-order valence-corrected chi connectivity index (χ1v) is 12.9. The van der Waals surface area contributed by atoms with Gasteiger partial charge in [-0.2, -0.15) is 0 Å². The van der Waals surface area contributed by atoms with E-state index in [-0.39, 0.29) is 23.1 Å². The average molecular weight is 490 g/mol. The number of rotatable bonds is 5. The number of anilines is 1. The molecule has 1 aliphatic rings. The van der Waals surface area contributed by atoms with Crippen molar-refractivity contribution >= 4 is 27.5 Å². The minimum Gasteiger partial charge on any atom is -0.490 e. The van der Waals surface area contributed by atoms with Crippen LogP contribution in [-0.4, -0.2) is 61.4 Å². The molecule has 1 N–H and O–H groups in total. The SMILES string of the molecule is Cc1nc(S(C)(=O)=O)ccc1NC(=O)c1ccc(OC2CCN(C(=O)OC(C)(C)C)CC2)cc1. The van der Waals surface area contributed by atoms with E-state index in [1.165, 1.54) is 12.1 Å². The fourth-order valence-electron chi connectivity index (χ4n) is 3.43. The maximum absolute atomic E-state index is 12.6. The van der Waals surface area contributed by atoms with Crippen molar-refractivity contribution in [3.63, 3.8) is 0 Å². The summed E-state index contributed by atoms with van der Waals surface area (Å²) < 4.78 is 34.7. The predicted octanol–water partition coefficient (Wildman–Crippen LogP) is 3.82. The maximum atomic E-state index is 12.6. The van der Waals surface area contributed by atoms with Crippen molar-refractivity contribution in [2.24, 2.45) is 0 Å². The van der Waals surface area contributed by atoms with Crippen LogP contribution < -0.4 is 10.1 Å². The molecule has 9 nitrogen and oxygen atoms in total. The number of piperidine rings is 1. The van der Waals surface area contributed by atoms with Gasteiger partial charge in [-0.3, -0.25) is 4.79 Å². The Morgan fingerprint density at radius 3 is 2.21 bits per heavy atom. The van der Waals surface area contributed by atoms with Gasteiger partial charge >= 0.3 is 6.09 Å². The molecule has 0 unspecified atom stereocenters. The molecular formula is C24H31N3O6S. The van der Waals surface area contributed by atoms with Gasteiger partial charge in [0.15, 0.2) is 14.9 Å². The van der Waals surface area contributed by atoms with Gasteiger partial charge in [0.2, 0.25) is 0 Å². The summed E-state index contributed by atoms with van der Waals surface area (Å²) in [7, 11) is -3.42. The molecule has 34 heavy (non-hydrogen) atoms. The number of pyridine rings is 1. The fourth-order valence-corrected chi connectivity index (χ4v) is 4.05. The molecule has 1 aliphatic heterocycles. The van der Waals surface area contributed by atoms with Crippen LogP contribution in [0, 0.1) is 6.92 Å². The lowest BCUT2D eigenvalue weighted by atomic mass is 10.1. The Kier molecular flexibility index (Phi) is 7.50. The fraction of sp³-hybridized carbons (Fsp3) is 0.458. The quantitative estimate of drug-likeness (QED) is 0.679. The van der Waals surface area contributed by atoms with E-state index < -0.39 is 15.4 Å². The number of nitrogens with one attached hydrogen (secondary N) is 1. The molecule has 0 radical (unpaired) electrons. The molecule has 10 heteroatoms. The molecule has 0 spiro atoms. The highest BCUT2D eigenvalue weighted by atomic mass is 32.2. The summed E-state index contributed by atoms with van der Waals surface area (Å²) in [6, 6.07) is 9.67. The molecule has 184 valence electrons. The first kappa shape index (κ1) is 25.5. The van der Waals surface area contributed by atoms with E-state index in [4.69, 9.17) is 9.47 Å². The van der Waals surface area contributed by atoms with Gasteiger partial charge < -0.3 is 19.7 Å². The molecule has 1 saturated heterocycles. The number of hydrogen-bond donors (Lipinski definition) is 1. The van der Waals surface area contributed by atoms with Crippen molar-refractivity contribution in [1.82, 2.24) is 9.88 Å². The Morgan fingerprint density at radius 2 is 1.68 bits per heavy atom. The van der Waals surface area contributed by atoms with Crippen LogP contribution in [-0.2, 0) is 14.6 Å². The number of ether oxygens (including phenoxy) is 2. The number of sulfone groups is 1. The third kappa shape index (κ3) is 6.93. The monoisotopic (exact) mass is 489 g/mol. The molecule has 1 aromatic carbocycles. The number of likely N-dealkylation sites (tertiary alicyclic amines) is 1. The van der Waals surface area contributed by atoms with Gasteiger partial charge in [-0.1, -0.05) is 0 Å². The van der Waals surface area contributed by atoms with E-state index in [9.17, 15) is 18.0 Å². The number of aromatic nitrogens is 1. The van der Waals surface area contributed by atoms with Crippen LogP contribution in [0.15, 0.2) is 41.4 Å². The Balaban J connectivity index is 1.54. The van der Waals surface area contributed by atoms with E-state index in [0.717, 1.165) is 6.26 Å². The summed E-state index contributed by atoms with van der Waals surface area (Å²) in [6.07, 6.45) is 2.13. The third-order valence-electron chi connectivity index (χ3n) is 5.20. The second-order valence-electron chi connectivity index (χ2n) is 9.32. The van der Waals surface area contributed by atoms with E-state index in [1.807, 2.05) is 20.8 Å². The van der Waals surface area contributed by atoms with Crippen molar-refractivity contribution in [2.75, 3.05) is 24.7 Å². The first-order chi connectivity index (χ1) is 15.8. The minimum absolute atomic E-state index is 0.0274. The number of carbonyl (C=O) groups excluding carboxylic acids is 2. The number of hydrogen-bond acceptors (Lipinski definition) is 7. The van der Waals surface area contributed by atoms with Crippen molar-refractivity contribution < 1.29 is 27.5 Å². The van der Waals surface area contributed by atoms with Crippen molar-refractivity contribution in [1.29, 1.82) is 0 Å². The molecule has 1 aromatic heterocycles. The average Bonchev–Trinajstić information content (AvgIpc) is 2.74. The van der Waals surface area contributed by atoms with Gasteiger partial charge in [-0.15, -0.1) is 0 Å². The lowest BCUT2D eigenvalue weighted by molar-refractivity contribution is 0.0126. The van der Waals surface area contributed by atoms with E-state index in [0.29, 0.717) is 48.6 Å². The van der Waals surface area contributed by atoms with Gasteiger partial charge in [0, 0.05) is 37.8 Å². The Labute approximate surface area is 200 Å². The highest BCUT2D eigenvalue weighted by Gasteiger charge is 2.27. The lowest BCUT2D eigenvalue weighted by Gasteiger charge is -2.33. The number of nitrogens with zero attached hydrogens (tertiary/aromatic N) is 2. The number of carbonyl (C=O) groups is 2. The van der Waals surface area contributed by atoms with Gasteiger partial charge in [-0.05, 0) is 64.1 Å². The van der Waals surface area contributed by atoms with Crippen LogP contribution in [0.4, 0.5) is 10.5 Å². The summed E-state index contributed by atoms with van der Waals surface area (Å²) in [5.74, 6) is 0.303. The summed E-state index contributed by atoms with van der Waals surface area (Å²) in [5.41, 5.74) is 0.759. The zero-order valence-electron chi connectivity index (χ0n) is 20.1. The predicted molar refractivity (Wildman–Crippen MR) is 128 cm³/mol. The van der Waals surface area contributed by atoms with E-state index >= 15 is 0 Å². The van der Waals surface area contributed by atoms with E-state index in [1.54, 1.807) is 36.1 Å². The van der Waals surface area contributed by atoms with Crippen LogP contribution in [0.3, 0.4) is 0 Å². The van der Waals surface area contributed by atoms with E-state index in [2.05, 4.69) is 10.3 Å². The third-order valence-corrected chi connectivity index (χ3v) is 6.19. The highest BCUT2D eigenvalue weighted by Crippen LogP contribution is 2.22. The molecule has 2 aromatic rings. The Morgan fingerprint density at radius 1 is 1.06 bits per heavy atom. The van der Waals surface area contributed by atoms with Gasteiger partial charge in [-0.25, -0.2) is 18.2 Å². The van der Waals surface area contributed by atoms with Crippen LogP contribution in [0.5, 0.6) is 5.75 Å². The summed E-state index contributed by atoms with van der Waals surface area (Å²) in [6.45, 7) is 8.29. The molecule has 2 amide bonds. The number of benzene rings is 1. The molecule has 0 aliphatic carbocycles. The minimum atomic E-state index is -3.42. The molecule has 1 fully saturated rings. The molecule has 0 atom stereocenters. The zero-order chi connectivity index (χ0) is 25.1. The smallest absolute Gasteiger partial charge is 0.410 e.